The molecule has 0 aromatic carbocycles. The number of hydrogen-bond donors (Lipinski definition) is 4. The molecule has 2 saturated heterocycles. The Bertz CT molecular complexity index is 841. The Balaban J connectivity index is 1.34. The topological polar surface area (TPSA) is 151 Å². The summed E-state index contributed by atoms with van der Waals surface area (Å²) in [6.07, 6.45) is 9.45. The van der Waals surface area contributed by atoms with E-state index in [1.54, 1.807) is 0 Å². The predicted molar refractivity (Wildman–Crippen MR) is 149 cm³/mol. The van der Waals surface area contributed by atoms with E-state index in [1.165, 1.54) is 23.5 Å². The highest BCUT2D eigenvalue weighted by Gasteiger charge is 2.31. The summed E-state index contributed by atoms with van der Waals surface area (Å²) in [6, 6.07) is 0.0958. The first-order valence-electron chi connectivity index (χ1n) is 13.7. The van der Waals surface area contributed by atoms with Crippen molar-refractivity contribution in [2.75, 3.05) is 18.1 Å². The van der Waals surface area contributed by atoms with Gasteiger partial charge in [0.1, 0.15) is 0 Å². The Morgan fingerprint density at radius 1 is 0.763 bits per heavy atom. The molecule has 6 amide bonds. The van der Waals surface area contributed by atoms with Crippen molar-refractivity contribution in [1.29, 1.82) is 0 Å². The number of nitrogens with one attached hydrogen (secondary N) is 4. The van der Waals surface area contributed by atoms with Crippen LogP contribution in [0.3, 0.4) is 0 Å². The Morgan fingerprint density at radius 3 is 1.79 bits per heavy atom. The molecular weight excluding hydrogens is 528 g/mol. The molecule has 2 heterocycles. The molecule has 38 heavy (non-hydrogen) atoms. The van der Waals surface area contributed by atoms with Gasteiger partial charge in [0, 0.05) is 38.3 Å². The Hall–Kier alpha value is -2.08. The van der Waals surface area contributed by atoms with Crippen molar-refractivity contribution in [3.63, 3.8) is 0 Å². The lowest BCUT2D eigenvalue weighted by molar-refractivity contribution is -0.126. The van der Waals surface area contributed by atoms with E-state index in [2.05, 4.69) is 21.3 Å². The maximum absolute atomic E-state index is 12.1. The van der Waals surface area contributed by atoms with Gasteiger partial charge in [0.2, 0.25) is 35.4 Å². The van der Waals surface area contributed by atoms with Gasteiger partial charge in [0.25, 0.3) is 0 Å². The molecule has 2 aliphatic heterocycles. The fraction of sp³-hybridized carbons (Fsp3) is 0.769. The van der Waals surface area contributed by atoms with Crippen LogP contribution in [0.25, 0.3) is 0 Å². The molecule has 10 nitrogen and oxygen atoms in total. The third kappa shape index (κ3) is 13.6. The van der Waals surface area contributed by atoms with Gasteiger partial charge in [0.05, 0.1) is 10.5 Å². The molecule has 0 spiro atoms. The number of carbonyl (C=O) groups is 6. The Morgan fingerprint density at radius 2 is 1.29 bits per heavy atom. The van der Waals surface area contributed by atoms with Gasteiger partial charge in [-0.25, -0.2) is 0 Å². The van der Waals surface area contributed by atoms with Gasteiger partial charge in [-0.1, -0.05) is 12.8 Å². The second-order valence-corrected chi connectivity index (χ2v) is 12.5. The van der Waals surface area contributed by atoms with E-state index in [0.29, 0.717) is 19.4 Å². The zero-order chi connectivity index (χ0) is 27.8. The van der Waals surface area contributed by atoms with Crippen molar-refractivity contribution >= 4 is 59.0 Å². The van der Waals surface area contributed by atoms with Crippen LogP contribution in [0.4, 0.5) is 0 Å². The van der Waals surface area contributed by atoms with Gasteiger partial charge in [-0.05, 0) is 63.4 Å². The number of carbonyl (C=O) groups excluding carboxylic acids is 6. The average Bonchev–Trinajstić information content (AvgIpc) is 3.36. The number of rotatable bonds is 20. The molecule has 0 saturated carbocycles. The van der Waals surface area contributed by atoms with E-state index in [9.17, 15) is 28.8 Å². The van der Waals surface area contributed by atoms with E-state index in [1.807, 2.05) is 6.92 Å². The summed E-state index contributed by atoms with van der Waals surface area (Å²) in [7, 11) is 0. The van der Waals surface area contributed by atoms with Crippen LogP contribution < -0.4 is 21.3 Å². The first-order valence-corrected chi connectivity index (χ1v) is 15.8. The molecule has 4 N–H and O–H groups in total. The summed E-state index contributed by atoms with van der Waals surface area (Å²) in [5.41, 5.74) is 0. The lowest BCUT2D eigenvalue weighted by Gasteiger charge is -2.14. The monoisotopic (exact) mass is 570 g/mol. The smallest absolute Gasteiger partial charge is 0.240 e. The van der Waals surface area contributed by atoms with Crippen LogP contribution in [-0.2, 0) is 28.8 Å². The minimum atomic E-state index is -0.260. The Labute approximate surface area is 233 Å². The highest BCUT2D eigenvalue weighted by molar-refractivity contribution is 8.00. The molecule has 2 rings (SSSR count). The number of thioether (sulfide) groups is 2. The fourth-order valence-corrected chi connectivity index (χ4v) is 6.49. The normalized spacial score (nSPS) is 19.8. The van der Waals surface area contributed by atoms with Crippen LogP contribution in [0.15, 0.2) is 0 Å². The SMILES string of the molecule is CC(CCCCNC(=O)CCCCCSC1CC(=O)NC1=O)NC(=O)CCCCCSC1CC(=O)NC1=O. The number of imide groups is 2. The summed E-state index contributed by atoms with van der Waals surface area (Å²) in [5.74, 6) is 0.957. The summed E-state index contributed by atoms with van der Waals surface area (Å²) in [5, 5.41) is 10.1. The van der Waals surface area contributed by atoms with Gasteiger partial charge in [0.15, 0.2) is 0 Å². The number of amides is 6. The second kappa shape index (κ2) is 18.3. The van der Waals surface area contributed by atoms with Crippen molar-refractivity contribution in [3.8, 4) is 0 Å². The fourth-order valence-electron chi connectivity index (χ4n) is 4.22. The minimum Gasteiger partial charge on any atom is -0.356 e. The number of unbranched alkanes of at least 4 members (excludes halogenated alkanes) is 5. The summed E-state index contributed by atoms with van der Waals surface area (Å²) < 4.78 is 0. The Kier molecular flexibility index (Phi) is 15.4. The van der Waals surface area contributed by atoms with Crippen molar-refractivity contribution in [2.24, 2.45) is 0 Å². The van der Waals surface area contributed by atoms with Crippen LogP contribution in [0.1, 0.15) is 90.4 Å². The molecule has 2 fully saturated rings. The van der Waals surface area contributed by atoms with Crippen molar-refractivity contribution in [1.82, 2.24) is 21.3 Å². The standard InChI is InChI=1S/C26H42N4O6S2/c1-18(28-22(32)12-5-3-9-15-38-20-17-24(34)30-26(20)36)10-6-7-13-27-21(31)11-4-2-8-14-37-19-16-23(33)29-25(19)35/h18-20H,2-17H2,1H3,(H,27,31)(H,28,32)(H,29,33,35)(H,30,34,36). The van der Waals surface area contributed by atoms with Crippen LogP contribution in [0.5, 0.6) is 0 Å². The highest BCUT2D eigenvalue weighted by Crippen LogP contribution is 2.22. The third-order valence-corrected chi connectivity index (χ3v) is 8.99. The molecule has 0 aromatic heterocycles. The molecule has 3 atom stereocenters. The molecule has 0 bridgehead atoms. The molecule has 12 heteroatoms. The van der Waals surface area contributed by atoms with E-state index >= 15 is 0 Å². The largest absolute Gasteiger partial charge is 0.356 e. The zero-order valence-corrected chi connectivity index (χ0v) is 23.9. The van der Waals surface area contributed by atoms with Crippen LogP contribution in [0, 0.1) is 0 Å². The van der Waals surface area contributed by atoms with Crippen LogP contribution in [0.2, 0.25) is 0 Å². The molecule has 0 aliphatic carbocycles. The lowest BCUT2D eigenvalue weighted by atomic mass is 10.1. The van der Waals surface area contributed by atoms with Gasteiger partial charge in [-0.3, -0.25) is 39.4 Å². The van der Waals surface area contributed by atoms with E-state index in [-0.39, 0.29) is 64.8 Å². The molecule has 0 aromatic rings. The molecule has 3 unspecified atom stereocenters. The van der Waals surface area contributed by atoms with Gasteiger partial charge >= 0.3 is 0 Å². The first-order chi connectivity index (χ1) is 18.2. The first kappa shape index (κ1) is 32.1. The molecule has 0 radical (unpaired) electrons. The maximum Gasteiger partial charge on any atom is 0.240 e. The quantitative estimate of drug-likeness (QED) is 0.129. The van der Waals surface area contributed by atoms with Crippen molar-refractivity contribution < 1.29 is 28.8 Å². The summed E-state index contributed by atoms with van der Waals surface area (Å²) in [6.45, 7) is 2.63. The summed E-state index contributed by atoms with van der Waals surface area (Å²) >= 11 is 3.02. The molecular formula is C26H42N4O6S2. The van der Waals surface area contributed by atoms with Gasteiger partial charge in [-0.15, -0.1) is 23.5 Å². The van der Waals surface area contributed by atoms with Gasteiger partial charge < -0.3 is 10.6 Å². The zero-order valence-electron chi connectivity index (χ0n) is 22.3. The van der Waals surface area contributed by atoms with Crippen LogP contribution in [-0.4, -0.2) is 70.0 Å². The minimum absolute atomic E-state index is 0.0534. The third-order valence-electron chi connectivity index (χ3n) is 6.38. The van der Waals surface area contributed by atoms with Gasteiger partial charge in [-0.2, -0.15) is 0 Å². The van der Waals surface area contributed by atoms with Crippen LogP contribution >= 0.6 is 23.5 Å². The van der Waals surface area contributed by atoms with E-state index in [0.717, 1.165) is 69.3 Å². The lowest BCUT2D eigenvalue weighted by Crippen LogP contribution is -2.32. The van der Waals surface area contributed by atoms with E-state index < -0.39 is 0 Å². The molecule has 2 aliphatic rings. The average molecular weight is 571 g/mol. The maximum atomic E-state index is 12.1. The number of hydrogen-bond acceptors (Lipinski definition) is 8. The van der Waals surface area contributed by atoms with Crippen molar-refractivity contribution in [3.05, 3.63) is 0 Å². The molecule has 214 valence electrons. The predicted octanol–water partition coefficient (Wildman–Crippen LogP) is 2.20. The second-order valence-electron chi connectivity index (χ2n) is 9.89. The summed E-state index contributed by atoms with van der Waals surface area (Å²) in [4.78, 5) is 69.4. The van der Waals surface area contributed by atoms with E-state index in [4.69, 9.17) is 0 Å². The highest BCUT2D eigenvalue weighted by atomic mass is 32.2. The van der Waals surface area contributed by atoms with Crippen molar-refractivity contribution in [2.45, 2.75) is 107 Å².